The minimum atomic E-state index is -0.489. The molecule has 0 aliphatic carbocycles. The summed E-state index contributed by atoms with van der Waals surface area (Å²) in [6, 6.07) is 7.46. The molecule has 1 amide bonds. The van der Waals surface area contributed by atoms with E-state index in [0.29, 0.717) is 6.42 Å². The van der Waals surface area contributed by atoms with E-state index in [1.807, 2.05) is 38.1 Å². The van der Waals surface area contributed by atoms with Gasteiger partial charge in [-0.2, -0.15) is 0 Å². The molecule has 0 aliphatic rings. The average molecular weight is 285 g/mol. The molecule has 4 heteroatoms. The second-order valence-electron chi connectivity index (χ2n) is 4.10. The van der Waals surface area contributed by atoms with E-state index in [0.717, 1.165) is 10.0 Å². The Hall–Kier alpha value is -0.870. The molecule has 0 bridgehead atoms. The van der Waals surface area contributed by atoms with Gasteiger partial charge in [-0.15, -0.1) is 0 Å². The normalized spacial score (nSPS) is 12.6. The quantitative estimate of drug-likeness (QED) is 0.887. The SMILES string of the molecule is CC(C)NC(=O)C(N)Cc1cccc(Br)c1. The number of carbonyl (C=O) groups is 1. The number of nitrogens with one attached hydrogen (secondary N) is 1. The van der Waals surface area contributed by atoms with E-state index in [-0.39, 0.29) is 11.9 Å². The third-order valence-electron chi connectivity index (χ3n) is 2.11. The van der Waals surface area contributed by atoms with Crippen molar-refractivity contribution in [2.24, 2.45) is 5.73 Å². The van der Waals surface area contributed by atoms with Crippen molar-refractivity contribution in [2.45, 2.75) is 32.4 Å². The molecule has 0 radical (unpaired) electrons. The van der Waals surface area contributed by atoms with Gasteiger partial charge in [0.15, 0.2) is 0 Å². The Kier molecular flexibility index (Phi) is 4.96. The first-order chi connectivity index (χ1) is 7.49. The van der Waals surface area contributed by atoms with Gasteiger partial charge in [-0.3, -0.25) is 4.79 Å². The highest BCUT2D eigenvalue weighted by Crippen LogP contribution is 2.12. The fourth-order valence-corrected chi connectivity index (χ4v) is 1.85. The van der Waals surface area contributed by atoms with Gasteiger partial charge < -0.3 is 11.1 Å². The minimum Gasteiger partial charge on any atom is -0.353 e. The van der Waals surface area contributed by atoms with Crippen LogP contribution in [0.25, 0.3) is 0 Å². The summed E-state index contributed by atoms with van der Waals surface area (Å²) in [6.45, 7) is 3.84. The third kappa shape index (κ3) is 4.33. The molecular weight excluding hydrogens is 268 g/mol. The zero-order valence-corrected chi connectivity index (χ0v) is 11.1. The molecule has 16 heavy (non-hydrogen) atoms. The maximum Gasteiger partial charge on any atom is 0.237 e. The lowest BCUT2D eigenvalue weighted by Gasteiger charge is -2.14. The predicted octanol–water partition coefficient (Wildman–Crippen LogP) is 1.84. The van der Waals surface area contributed by atoms with Crippen LogP contribution in [0.1, 0.15) is 19.4 Å². The molecule has 88 valence electrons. The Morgan fingerprint density at radius 1 is 1.50 bits per heavy atom. The summed E-state index contributed by atoms with van der Waals surface area (Å²) in [5, 5.41) is 2.80. The minimum absolute atomic E-state index is 0.102. The van der Waals surface area contributed by atoms with Gasteiger partial charge in [0.05, 0.1) is 6.04 Å². The molecule has 1 aromatic rings. The van der Waals surface area contributed by atoms with Crippen LogP contribution in [0.15, 0.2) is 28.7 Å². The van der Waals surface area contributed by atoms with E-state index >= 15 is 0 Å². The average Bonchev–Trinajstić information content (AvgIpc) is 2.16. The summed E-state index contributed by atoms with van der Waals surface area (Å²) in [7, 11) is 0. The second-order valence-corrected chi connectivity index (χ2v) is 5.02. The molecule has 1 unspecified atom stereocenters. The zero-order valence-electron chi connectivity index (χ0n) is 9.53. The lowest BCUT2D eigenvalue weighted by atomic mass is 10.1. The maximum atomic E-state index is 11.6. The van der Waals surface area contributed by atoms with Crippen LogP contribution in [0.2, 0.25) is 0 Å². The fourth-order valence-electron chi connectivity index (χ4n) is 1.40. The van der Waals surface area contributed by atoms with Crippen molar-refractivity contribution in [3.63, 3.8) is 0 Å². The van der Waals surface area contributed by atoms with E-state index in [2.05, 4.69) is 21.2 Å². The smallest absolute Gasteiger partial charge is 0.237 e. The topological polar surface area (TPSA) is 55.1 Å². The molecule has 0 aromatic heterocycles. The molecule has 0 saturated carbocycles. The molecule has 0 spiro atoms. The molecule has 0 fully saturated rings. The summed E-state index contributed by atoms with van der Waals surface area (Å²) >= 11 is 3.39. The van der Waals surface area contributed by atoms with Gasteiger partial charge in [0.25, 0.3) is 0 Å². The lowest BCUT2D eigenvalue weighted by Crippen LogP contribution is -2.44. The molecule has 0 saturated heterocycles. The van der Waals surface area contributed by atoms with Crippen LogP contribution < -0.4 is 11.1 Å². The summed E-state index contributed by atoms with van der Waals surface area (Å²) in [5.74, 6) is -0.102. The number of amides is 1. The highest BCUT2D eigenvalue weighted by molar-refractivity contribution is 9.10. The van der Waals surface area contributed by atoms with Crippen LogP contribution >= 0.6 is 15.9 Å². The highest BCUT2D eigenvalue weighted by atomic mass is 79.9. The number of halogens is 1. The number of carbonyl (C=O) groups excluding carboxylic acids is 1. The molecule has 0 aliphatic heterocycles. The largest absolute Gasteiger partial charge is 0.353 e. The van der Waals surface area contributed by atoms with Crippen molar-refractivity contribution in [3.05, 3.63) is 34.3 Å². The maximum absolute atomic E-state index is 11.6. The second kappa shape index (κ2) is 6.01. The summed E-state index contributed by atoms with van der Waals surface area (Å²) < 4.78 is 1.00. The summed E-state index contributed by atoms with van der Waals surface area (Å²) in [4.78, 5) is 11.6. The van der Waals surface area contributed by atoms with Crippen LogP contribution in [0.3, 0.4) is 0 Å². The number of nitrogens with two attached hydrogens (primary N) is 1. The molecule has 3 nitrogen and oxygen atoms in total. The van der Waals surface area contributed by atoms with Crippen LogP contribution in [0.5, 0.6) is 0 Å². The molecule has 1 atom stereocenters. The van der Waals surface area contributed by atoms with Crippen molar-refractivity contribution < 1.29 is 4.79 Å². The first-order valence-electron chi connectivity index (χ1n) is 5.29. The predicted molar refractivity (Wildman–Crippen MR) is 69.1 cm³/mol. The Labute approximate surface area is 105 Å². The van der Waals surface area contributed by atoms with Crippen molar-refractivity contribution in [3.8, 4) is 0 Å². The van der Waals surface area contributed by atoms with E-state index in [4.69, 9.17) is 5.73 Å². The van der Waals surface area contributed by atoms with E-state index < -0.39 is 6.04 Å². The third-order valence-corrected chi connectivity index (χ3v) is 2.61. The van der Waals surface area contributed by atoms with E-state index in [1.165, 1.54) is 0 Å². The van der Waals surface area contributed by atoms with Crippen LogP contribution in [-0.2, 0) is 11.2 Å². The molecule has 3 N–H and O–H groups in total. The Bertz CT molecular complexity index is 366. The van der Waals surface area contributed by atoms with Gasteiger partial charge in [0.1, 0.15) is 0 Å². The Balaban J connectivity index is 2.57. The van der Waals surface area contributed by atoms with Crippen LogP contribution in [-0.4, -0.2) is 18.0 Å². The molecule has 0 heterocycles. The van der Waals surface area contributed by atoms with Crippen LogP contribution in [0.4, 0.5) is 0 Å². The van der Waals surface area contributed by atoms with Crippen molar-refractivity contribution >= 4 is 21.8 Å². The zero-order chi connectivity index (χ0) is 12.1. The first-order valence-corrected chi connectivity index (χ1v) is 6.08. The van der Waals surface area contributed by atoms with Gasteiger partial charge in [-0.05, 0) is 38.0 Å². The monoisotopic (exact) mass is 284 g/mol. The van der Waals surface area contributed by atoms with Crippen molar-refractivity contribution in [2.75, 3.05) is 0 Å². The molecule has 1 rings (SSSR count). The van der Waals surface area contributed by atoms with Crippen molar-refractivity contribution in [1.82, 2.24) is 5.32 Å². The van der Waals surface area contributed by atoms with Gasteiger partial charge in [0, 0.05) is 10.5 Å². The Morgan fingerprint density at radius 3 is 2.75 bits per heavy atom. The number of rotatable bonds is 4. The fraction of sp³-hybridized carbons (Fsp3) is 0.417. The number of benzene rings is 1. The van der Waals surface area contributed by atoms with E-state index in [1.54, 1.807) is 0 Å². The van der Waals surface area contributed by atoms with Gasteiger partial charge in [-0.25, -0.2) is 0 Å². The van der Waals surface area contributed by atoms with E-state index in [9.17, 15) is 4.79 Å². The summed E-state index contributed by atoms with van der Waals surface area (Å²) in [5.41, 5.74) is 6.88. The van der Waals surface area contributed by atoms with Gasteiger partial charge in [-0.1, -0.05) is 28.1 Å². The first kappa shape index (κ1) is 13.2. The molecule has 1 aromatic carbocycles. The molecular formula is C12H17BrN2O. The number of hydrogen-bond acceptors (Lipinski definition) is 2. The van der Waals surface area contributed by atoms with Gasteiger partial charge >= 0.3 is 0 Å². The Morgan fingerprint density at radius 2 is 2.19 bits per heavy atom. The number of hydrogen-bond donors (Lipinski definition) is 2. The lowest BCUT2D eigenvalue weighted by molar-refractivity contribution is -0.122. The van der Waals surface area contributed by atoms with Crippen LogP contribution in [0, 0.1) is 0 Å². The standard InChI is InChI=1S/C12H17BrN2O/c1-8(2)15-12(16)11(14)7-9-4-3-5-10(13)6-9/h3-6,8,11H,7,14H2,1-2H3,(H,15,16). The summed E-state index contributed by atoms with van der Waals surface area (Å²) in [6.07, 6.45) is 0.554. The highest BCUT2D eigenvalue weighted by Gasteiger charge is 2.14. The van der Waals surface area contributed by atoms with Crippen molar-refractivity contribution in [1.29, 1.82) is 0 Å². The van der Waals surface area contributed by atoms with Gasteiger partial charge in [0.2, 0.25) is 5.91 Å².